The third-order valence-electron chi connectivity index (χ3n) is 3.41. The first-order valence-electron chi connectivity index (χ1n) is 6.39. The highest BCUT2D eigenvalue weighted by Crippen LogP contribution is 2.09. The van der Waals surface area contributed by atoms with Gasteiger partial charge in [0, 0.05) is 39.3 Å². The monoisotopic (exact) mass is 234 g/mol. The summed E-state index contributed by atoms with van der Waals surface area (Å²) < 4.78 is 0. The van der Waals surface area contributed by atoms with E-state index in [-0.39, 0.29) is 6.61 Å². The summed E-state index contributed by atoms with van der Waals surface area (Å²) in [5.74, 6) is 0. The largest absolute Gasteiger partial charge is 0.395 e. The summed E-state index contributed by atoms with van der Waals surface area (Å²) in [7, 11) is 0. The average molecular weight is 234 g/mol. The molecule has 0 atom stereocenters. The molecule has 0 aromatic heterocycles. The zero-order valence-electron chi connectivity index (χ0n) is 10.6. The van der Waals surface area contributed by atoms with Gasteiger partial charge in [-0.2, -0.15) is 0 Å². The number of piperazine rings is 1. The first-order chi connectivity index (χ1) is 8.28. The van der Waals surface area contributed by atoms with Crippen molar-refractivity contribution in [2.75, 3.05) is 39.3 Å². The van der Waals surface area contributed by atoms with Crippen LogP contribution in [0, 0.1) is 6.92 Å². The van der Waals surface area contributed by atoms with Crippen molar-refractivity contribution in [1.82, 2.24) is 9.80 Å². The fourth-order valence-electron chi connectivity index (χ4n) is 2.26. The molecule has 17 heavy (non-hydrogen) atoms. The highest BCUT2D eigenvalue weighted by molar-refractivity contribution is 5.21. The Balaban J connectivity index is 1.79. The third-order valence-corrected chi connectivity index (χ3v) is 3.41. The van der Waals surface area contributed by atoms with Crippen LogP contribution in [0.1, 0.15) is 11.1 Å². The van der Waals surface area contributed by atoms with Gasteiger partial charge in [0.15, 0.2) is 0 Å². The Labute approximate surface area is 104 Å². The van der Waals surface area contributed by atoms with Gasteiger partial charge in [-0.05, 0) is 12.5 Å². The molecular weight excluding hydrogens is 212 g/mol. The number of rotatable bonds is 4. The summed E-state index contributed by atoms with van der Waals surface area (Å²) in [6.07, 6.45) is 0. The molecule has 1 aromatic carbocycles. The maximum atomic E-state index is 8.89. The van der Waals surface area contributed by atoms with E-state index in [0.717, 1.165) is 39.3 Å². The van der Waals surface area contributed by atoms with Crippen molar-refractivity contribution in [1.29, 1.82) is 0 Å². The number of hydrogen-bond acceptors (Lipinski definition) is 3. The summed E-state index contributed by atoms with van der Waals surface area (Å²) >= 11 is 0. The first kappa shape index (κ1) is 12.6. The Morgan fingerprint density at radius 3 is 2.18 bits per heavy atom. The van der Waals surface area contributed by atoms with Crippen LogP contribution in [0.15, 0.2) is 24.3 Å². The lowest BCUT2D eigenvalue weighted by Gasteiger charge is -2.34. The Hall–Kier alpha value is -0.900. The second-order valence-electron chi connectivity index (χ2n) is 4.83. The number of aliphatic hydroxyl groups excluding tert-OH is 1. The fourth-order valence-corrected chi connectivity index (χ4v) is 2.26. The van der Waals surface area contributed by atoms with Crippen molar-refractivity contribution >= 4 is 0 Å². The second-order valence-corrected chi connectivity index (χ2v) is 4.83. The highest BCUT2D eigenvalue weighted by Gasteiger charge is 2.15. The lowest BCUT2D eigenvalue weighted by Crippen LogP contribution is -2.46. The van der Waals surface area contributed by atoms with E-state index in [1.54, 1.807) is 0 Å². The van der Waals surface area contributed by atoms with Gasteiger partial charge in [-0.3, -0.25) is 9.80 Å². The van der Waals surface area contributed by atoms with Crippen molar-refractivity contribution in [2.45, 2.75) is 13.5 Å². The van der Waals surface area contributed by atoms with Crippen molar-refractivity contribution in [3.8, 4) is 0 Å². The number of hydrogen-bond donors (Lipinski definition) is 1. The minimum absolute atomic E-state index is 0.276. The molecule has 3 nitrogen and oxygen atoms in total. The fraction of sp³-hybridized carbons (Fsp3) is 0.571. The number of aryl methyl sites for hydroxylation is 1. The van der Waals surface area contributed by atoms with Gasteiger partial charge in [-0.15, -0.1) is 0 Å². The quantitative estimate of drug-likeness (QED) is 0.845. The highest BCUT2D eigenvalue weighted by atomic mass is 16.3. The maximum Gasteiger partial charge on any atom is 0.0558 e. The second kappa shape index (κ2) is 6.15. The topological polar surface area (TPSA) is 26.7 Å². The molecule has 1 aliphatic heterocycles. The number of benzene rings is 1. The third kappa shape index (κ3) is 3.80. The molecule has 0 radical (unpaired) electrons. The van der Waals surface area contributed by atoms with Crippen LogP contribution in [0.3, 0.4) is 0 Å². The van der Waals surface area contributed by atoms with Crippen LogP contribution in [0.2, 0.25) is 0 Å². The molecule has 2 rings (SSSR count). The van der Waals surface area contributed by atoms with Gasteiger partial charge in [-0.1, -0.05) is 29.8 Å². The van der Waals surface area contributed by atoms with Crippen LogP contribution >= 0.6 is 0 Å². The first-order valence-corrected chi connectivity index (χ1v) is 6.39. The van der Waals surface area contributed by atoms with E-state index in [2.05, 4.69) is 41.0 Å². The lowest BCUT2D eigenvalue weighted by atomic mass is 10.1. The minimum atomic E-state index is 0.276. The lowest BCUT2D eigenvalue weighted by molar-refractivity contribution is 0.108. The predicted molar refractivity (Wildman–Crippen MR) is 70.0 cm³/mol. The van der Waals surface area contributed by atoms with Gasteiger partial charge in [0.2, 0.25) is 0 Å². The van der Waals surface area contributed by atoms with Crippen molar-refractivity contribution < 1.29 is 5.11 Å². The standard InChI is InChI=1S/C14H22N2O/c1-13-2-4-14(5-3-13)12-16-8-6-15(7-9-16)10-11-17/h2-5,17H,6-12H2,1H3. The van der Waals surface area contributed by atoms with E-state index >= 15 is 0 Å². The van der Waals surface area contributed by atoms with Crippen LogP contribution in [0.25, 0.3) is 0 Å². The summed E-state index contributed by atoms with van der Waals surface area (Å²) in [5, 5.41) is 8.89. The molecule has 1 aromatic rings. The molecule has 1 saturated heterocycles. The smallest absolute Gasteiger partial charge is 0.0558 e. The van der Waals surface area contributed by atoms with Crippen LogP contribution in [0.5, 0.6) is 0 Å². The Bertz CT molecular complexity index is 329. The summed E-state index contributed by atoms with van der Waals surface area (Å²) in [4.78, 5) is 4.81. The number of nitrogens with zero attached hydrogens (tertiary/aromatic N) is 2. The molecule has 0 aliphatic carbocycles. The normalized spacial score (nSPS) is 18.5. The minimum Gasteiger partial charge on any atom is -0.395 e. The van der Waals surface area contributed by atoms with Crippen molar-refractivity contribution in [3.05, 3.63) is 35.4 Å². The van der Waals surface area contributed by atoms with Gasteiger partial charge in [-0.25, -0.2) is 0 Å². The van der Waals surface area contributed by atoms with E-state index < -0.39 is 0 Å². The molecule has 0 bridgehead atoms. The van der Waals surface area contributed by atoms with Crippen LogP contribution in [-0.4, -0.2) is 54.2 Å². The zero-order valence-corrected chi connectivity index (χ0v) is 10.6. The molecule has 1 aliphatic rings. The number of aliphatic hydroxyl groups is 1. The maximum absolute atomic E-state index is 8.89. The summed E-state index contributed by atoms with van der Waals surface area (Å²) in [6, 6.07) is 8.79. The molecule has 0 spiro atoms. The molecule has 0 saturated carbocycles. The van der Waals surface area contributed by atoms with Gasteiger partial charge in [0.05, 0.1) is 6.61 Å². The Morgan fingerprint density at radius 2 is 1.59 bits per heavy atom. The van der Waals surface area contributed by atoms with E-state index in [0.29, 0.717) is 0 Å². The van der Waals surface area contributed by atoms with E-state index in [1.165, 1.54) is 11.1 Å². The van der Waals surface area contributed by atoms with Crippen LogP contribution < -0.4 is 0 Å². The molecule has 1 N–H and O–H groups in total. The van der Waals surface area contributed by atoms with Crippen LogP contribution in [-0.2, 0) is 6.54 Å². The average Bonchev–Trinajstić information content (AvgIpc) is 2.35. The zero-order chi connectivity index (χ0) is 12.1. The van der Waals surface area contributed by atoms with E-state index in [4.69, 9.17) is 5.11 Å². The van der Waals surface area contributed by atoms with Gasteiger partial charge >= 0.3 is 0 Å². The molecule has 1 fully saturated rings. The van der Waals surface area contributed by atoms with Crippen molar-refractivity contribution in [2.24, 2.45) is 0 Å². The van der Waals surface area contributed by atoms with Gasteiger partial charge in [0.25, 0.3) is 0 Å². The molecule has 1 heterocycles. The molecule has 94 valence electrons. The van der Waals surface area contributed by atoms with Crippen LogP contribution in [0.4, 0.5) is 0 Å². The van der Waals surface area contributed by atoms with Crippen molar-refractivity contribution in [3.63, 3.8) is 0 Å². The Morgan fingerprint density at radius 1 is 1.00 bits per heavy atom. The Kier molecular flexibility index (Phi) is 4.54. The SMILES string of the molecule is Cc1ccc(CN2CCN(CCO)CC2)cc1. The molecule has 0 amide bonds. The predicted octanol–water partition coefficient (Wildman–Crippen LogP) is 1.10. The molecule has 3 heteroatoms. The summed E-state index contributed by atoms with van der Waals surface area (Å²) in [5.41, 5.74) is 2.72. The van der Waals surface area contributed by atoms with E-state index in [1.807, 2.05) is 0 Å². The summed E-state index contributed by atoms with van der Waals surface area (Å²) in [6.45, 7) is 8.63. The van der Waals surface area contributed by atoms with Gasteiger partial charge < -0.3 is 5.11 Å². The molecular formula is C14H22N2O. The van der Waals surface area contributed by atoms with Gasteiger partial charge in [0.1, 0.15) is 0 Å². The number of β-amino-alcohol motifs (C(OH)–C–C–N with tert-alkyl or cyclic N) is 1. The van der Waals surface area contributed by atoms with E-state index in [9.17, 15) is 0 Å². The molecule has 0 unspecified atom stereocenters.